The van der Waals surface area contributed by atoms with Crippen molar-refractivity contribution in [3.8, 4) is 0 Å². The number of hydrogen-bond acceptors (Lipinski definition) is 2. The van der Waals surface area contributed by atoms with Crippen molar-refractivity contribution in [2.75, 3.05) is 19.6 Å². The summed E-state index contributed by atoms with van der Waals surface area (Å²) in [6, 6.07) is 9.68. The summed E-state index contributed by atoms with van der Waals surface area (Å²) in [6.07, 6.45) is 9.41. The second kappa shape index (κ2) is 8.99. The minimum Gasteiger partial charge on any atom is -0.296 e. The van der Waals surface area contributed by atoms with Crippen LogP contribution in [0, 0.1) is 5.92 Å². The van der Waals surface area contributed by atoms with Crippen LogP contribution in [0.4, 0.5) is 0 Å². The summed E-state index contributed by atoms with van der Waals surface area (Å²) in [5, 5.41) is 0. The Morgan fingerprint density at radius 3 is 2.48 bits per heavy atom. The highest BCUT2D eigenvalue weighted by Gasteiger charge is 2.20. The highest BCUT2D eigenvalue weighted by atomic mass is 16.1. The number of rotatable bonds is 8. The maximum Gasteiger partial charge on any atom is 0.176 e. The van der Waals surface area contributed by atoms with Crippen LogP contribution in [0.25, 0.3) is 0 Å². The number of hydrogen-bond donors (Lipinski definition) is 0. The van der Waals surface area contributed by atoms with Crippen molar-refractivity contribution < 1.29 is 4.79 Å². The van der Waals surface area contributed by atoms with Crippen LogP contribution < -0.4 is 0 Å². The van der Waals surface area contributed by atoms with Crippen LogP contribution in [0.3, 0.4) is 0 Å². The first kappa shape index (κ1) is 16.2. The van der Waals surface area contributed by atoms with Crippen molar-refractivity contribution in [1.29, 1.82) is 0 Å². The van der Waals surface area contributed by atoms with Gasteiger partial charge < -0.3 is 0 Å². The summed E-state index contributed by atoms with van der Waals surface area (Å²) in [5.41, 5.74) is 0.846. The summed E-state index contributed by atoms with van der Waals surface area (Å²) in [7, 11) is 0. The van der Waals surface area contributed by atoms with Crippen LogP contribution in [-0.4, -0.2) is 30.3 Å². The number of carbonyl (C=O) groups excluding carboxylic acids is 1. The van der Waals surface area contributed by atoms with Gasteiger partial charge in [-0.05, 0) is 31.8 Å². The molecule has 1 aliphatic rings. The third-order valence-corrected chi connectivity index (χ3v) is 4.64. The quantitative estimate of drug-likeness (QED) is 0.516. The highest BCUT2D eigenvalue weighted by molar-refractivity contribution is 5.97. The van der Waals surface area contributed by atoms with Gasteiger partial charge in [-0.3, -0.25) is 9.69 Å². The standard InChI is InChI=1S/C19H29NO/c1-2-3-4-6-9-17-12-14-20(15-13-17)16-19(21)18-10-7-5-8-11-18/h5,7-8,10-11,17H,2-4,6,9,12-16H2,1H3. The molecule has 0 atom stereocenters. The average molecular weight is 287 g/mol. The van der Waals surface area contributed by atoms with Crippen LogP contribution in [0.2, 0.25) is 0 Å². The maximum absolute atomic E-state index is 12.2. The third kappa shape index (κ3) is 5.62. The van der Waals surface area contributed by atoms with Gasteiger partial charge in [-0.15, -0.1) is 0 Å². The number of Topliss-reactive ketones (excluding diaryl/α,β-unsaturated/α-hetero) is 1. The Morgan fingerprint density at radius 1 is 1.10 bits per heavy atom. The molecule has 0 bridgehead atoms. The molecule has 1 aliphatic heterocycles. The molecule has 0 spiro atoms. The van der Waals surface area contributed by atoms with Crippen molar-refractivity contribution in [3.05, 3.63) is 35.9 Å². The average Bonchev–Trinajstić information content (AvgIpc) is 2.54. The molecular weight excluding hydrogens is 258 g/mol. The molecule has 1 saturated heterocycles. The van der Waals surface area contributed by atoms with Gasteiger partial charge in [0.2, 0.25) is 0 Å². The number of carbonyl (C=O) groups is 1. The molecule has 21 heavy (non-hydrogen) atoms. The number of likely N-dealkylation sites (tertiary alicyclic amines) is 1. The molecule has 1 aromatic carbocycles. The monoisotopic (exact) mass is 287 g/mol. The zero-order valence-electron chi connectivity index (χ0n) is 13.4. The third-order valence-electron chi connectivity index (χ3n) is 4.64. The molecule has 2 heteroatoms. The molecule has 0 amide bonds. The SMILES string of the molecule is CCCCCCC1CCN(CC(=O)c2ccccc2)CC1. The Kier molecular flexibility index (Phi) is 6.94. The lowest BCUT2D eigenvalue weighted by Crippen LogP contribution is -2.37. The Labute approximate surface area is 129 Å². The van der Waals surface area contributed by atoms with E-state index in [2.05, 4.69) is 11.8 Å². The summed E-state index contributed by atoms with van der Waals surface area (Å²) >= 11 is 0. The van der Waals surface area contributed by atoms with E-state index in [0.717, 1.165) is 24.6 Å². The molecule has 0 unspecified atom stereocenters. The fourth-order valence-electron chi connectivity index (χ4n) is 3.21. The zero-order valence-corrected chi connectivity index (χ0v) is 13.4. The minimum atomic E-state index is 0.261. The predicted octanol–water partition coefficient (Wildman–Crippen LogP) is 4.55. The van der Waals surface area contributed by atoms with Gasteiger partial charge in [0.15, 0.2) is 5.78 Å². The fourth-order valence-corrected chi connectivity index (χ4v) is 3.21. The molecule has 1 fully saturated rings. The number of ketones is 1. The van der Waals surface area contributed by atoms with E-state index in [-0.39, 0.29) is 5.78 Å². The number of unbranched alkanes of at least 4 members (excludes halogenated alkanes) is 3. The van der Waals surface area contributed by atoms with E-state index < -0.39 is 0 Å². The van der Waals surface area contributed by atoms with Gasteiger partial charge in [0.25, 0.3) is 0 Å². The maximum atomic E-state index is 12.2. The minimum absolute atomic E-state index is 0.261. The van der Waals surface area contributed by atoms with Crippen LogP contribution in [-0.2, 0) is 0 Å². The first-order valence-corrected chi connectivity index (χ1v) is 8.60. The van der Waals surface area contributed by atoms with E-state index in [9.17, 15) is 4.79 Å². The largest absolute Gasteiger partial charge is 0.296 e. The molecule has 1 aromatic rings. The van der Waals surface area contributed by atoms with Crippen molar-refractivity contribution >= 4 is 5.78 Å². The number of piperidine rings is 1. The van der Waals surface area contributed by atoms with Crippen LogP contribution in [0.15, 0.2) is 30.3 Å². The molecule has 0 aliphatic carbocycles. The number of benzene rings is 1. The van der Waals surface area contributed by atoms with Crippen LogP contribution in [0.1, 0.15) is 62.2 Å². The van der Waals surface area contributed by atoms with Gasteiger partial charge in [-0.25, -0.2) is 0 Å². The number of nitrogens with zero attached hydrogens (tertiary/aromatic N) is 1. The Bertz CT molecular complexity index is 407. The van der Waals surface area contributed by atoms with Gasteiger partial charge in [0.05, 0.1) is 6.54 Å². The van der Waals surface area contributed by atoms with E-state index >= 15 is 0 Å². The van der Waals surface area contributed by atoms with Crippen molar-refractivity contribution in [3.63, 3.8) is 0 Å². The highest BCUT2D eigenvalue weighted by Crippen LogP contribution is 2.23. The lowest BCUT2D eigenvalue weighted by Gasteiger charge is -2.31. The van der Waals surface area contributed by atoms with Crippen molar-refractivity contribution in [2.45, 2.75) is 51.9 Å². The molecule has 0 radical (unpaired) electrons. The lowest BCUT2D eigenvalue weighted by atomic mass is 9.91. The van der Waals surface area contributed by atoms with Crippen molar-refractivity contribution in [2.24, 2.45) is 5.92 Å². The second-order valence-electron chi connectivity index (χ2n) is 6.36. The van der Waals surface area contributed by atoms with Gasteiger partial charge in [-0.1, -0.05) is 69.4 Å². The molecule has 0 N–H and O–H groups in total. The Hall–Kier alpha value is -1.15. The fraction of sp³-hybridized carbons (Fsp3) is 0.632. The molecule has 2 nitrogen and oxygen atoms in total. The summed E-state index contributed by atoms with van der Waals surface area (Å²) in [4.78, 5) is 14.5. The van der Waals surface area contributed by atoms with E-state index in [1.54, 1.807) is 0 Å². The summed E-state index contributed by atoms with van der Waals surface area (Å²) < 4.78 is 0. The van der Waals surface area contributed by atoms with Crippen LogP contribution in [0.5, 0.6) is 0 Å². The van der Waals surface area contributed by atoms with Gasteiger partial charge in [0, 0.05) is 5.56 Å². The molecular formula is C19H29NO. The smallest absolute Gasteiger partial charge is 0.176 e. The van der Waals surface area contributed by atoms with E-state index in [1.165, 1.54) is 44.9 Å². The van der Waals surface area contributed by atoms with Crippen LogP contribution >= 0.6 is 0 Å². The summed E-state index contributed by atoms with van der Waals surface area (Å²) in [5.74, 6) is 1.15. The van der Waals surface area contributed by atoms with E-state index in [1.807, 2.05) is 30.3 Å². The van der Waals surface area contributed by atoms with Gasteiger partial charge in [-0.2, -0.15) is 0 Å². The van der Waals surface area contributed by atoms with Gasteiger partial charge in [0.1, 0.15) is 0 Å². The molecule has 1 heterocycles. The Balaban J connectivity index is 1.66. The molecule has 2 rings (SSSR count). The molecule has 0 saturated carbocycles. The van der Waals surface area contributed by atoms with Crippen molar-refractivity contribution in [1.82, 2.24) is 4.90 Å². The second-order valence-corrected chi connectivity index (χ2v) is 6.36. The summed E-state index contributed by atoms with van der Waals surface area (Å²) in [6.45, 7) is 5.04. The zero-order chi connectivity index (χ0) is 14.9. The van der Waals surface area contributed by atoms with Gasteiger partial charge >= 0.3 is 0 Å². The van der Waals surface area contributed by atoms with E-state index in [0.29, 0.717) is 6.54 Å². The molecule has 0 aromatic heterocycles. The normalized spacial score (nSPS) is 17.0. The molecule has 116 valence electrons. The topological polar surface area (TPSA) is 20.3 Å². The lowest BCUT2D eigenvalue weighted by molar-refractivity contribution is 0.0892. The van der Waals surface area contributed by atoms with E-state index in [4.69, 9.17) is 0 Å². The first-order chi connectivity index (χ1) is 10.3. The Morgan fingerprint density at radius 2 is 1.81 bits per heavy atom. The first-order valence-electron chi connectivity index (χ1n) is 8.60. The predicted molar refractivity (Wildman–Crippen MR) is 88.7 cm³/mol.